The van der Waals surface area contributed by atoms with Crippen molar-refractivity contribution in [3.63, 3.8) is 0 Å². The molecule has 0 aliphatic rings. The van der Waals surface area contributed by atoms with Crippen LogP contribution in [0.3, 0.4) is 0 Å². The van der Waals surface area contributed by atoms with Gasteiger partial charge in [-0.2, -0.15) is 0 Å². The summed E-state index contributed by atoms with van der Waals surface area (Å²) in [7, 11) is 0. The van der Waals surface area contributed by atoms with E-state index in [1.807, 2.05) is 0 Å². The predicted molar refractivity (Wildman–Crippen MR) is 66.6 cm³/mol. The third-order valence-electron chi connectivity index (χ3n) is 2.35. The monoisotopic (exact) mass is 266 g/mol. The summed E-state index contributed by atoms with van der Waals surface area (Å²) in [5, 5.41) is 10.2. The van der Waals surface area contributed by atoms with E-state index in [-0.39, 0.29) is 16.0 Å². The molecule has 0 radical (unpaired) electrons. The topological polar surface area (TPSA) is 80.9 Å². The van der Waals surface area contributed by atoms with Crippen LogP contribution < -0.4 is 11.1 Å². The van der Waals surface area contributed by atoms with E-state index in [1.54, 1.807) is 25.1 Å². The molecule has 0 saturated carbocycles. The van der Waals surface area contributed by atoms with Crippen LogP contribution in [-0.4, -0.2) is 16.1 Å². The highest BCUT2D eigenvalue weighted by Crippen LogP contribution is 2.17. The molecular weight excluding hydrogens is 255 g/mol. The van der Waals surface area contributed by atoms with Gasteiger partial charge in [0.15, 0.2) is 0 Å². The van der Waals surface area contributed by atoms with Crippen molar-refractivity contribution in [1.82, 2.24) is 15.5 Å². The predicted octanol–water partition coefficient (Wildman–Crippen LogP) is 1.75. The number of amides is 1. The lowest BCUT2D eigenvalue weighted by Gasteiger charge is -2.13. The molecule has 1 atom stereocenters. The number of nitrogens with zero attached hydrogens (tertiary/aromatic N) is 2. The van der Waals surface area contributed by atoms with Gasteiger partial charge in [0.25, 0.3) is 5.91 Å². The van der Waals surface area contributed by atoms with Crippen molar-refractivity contribution in [1.29, 1.82) is 0 Å². The Balaban J connectivity index is 2.10. The van der Waals surface area contributed by atoms with Gasteiger partial charge in [-0.15, -0.1) is 10.2 Å². The molecule has 0 bridgehead atoms. The van der Waals surface area contributed by atoms with E-state index in [9.17, 15) is 9.18 Å². The van der Waals surface area contributed by atoms with Crippen LogP contribution in [0.1, 0.15) is 28.3 Å². The van der Waals surface area contributed by atoms with E-state index in [1.165, 1.54) is 6.07 Å². The van der Waals surface area contributed by atoms with Gasteiger partial charge in [-0.05, 0) is 13.0 Å². The van der Waals surface area contributed by atoms with E-state index >= 15 is 0 Å². The molecule has 18 heavy (non-hydrogen) atoms. The zero-order chi connectivity index (χ0) is 13.1. The third-order valence-corrected chi connectivity index (χ3v) is 3.11. The van der Waals surface area contributed by atoms with Gasteiger partial charge in [-0.1, -0.05) is 29.5 Å². The molecule has 94 valence electrons. The zero-order valence-electron chi connectivity index (χ0n) is 9.55. The Hall–Kier alpha value is -2.02. The minimum absolute atomic E-state index is 0.163. The second kappa shape index (κ2) is 5.09. The van der Waals surface area contributed by atoms with Crippen LogP contribution in [0.2, 0.25) is 0 Å². The lowest BCUT2D eigenvalue weighted by atomic mass is 10.1. The SMILES string of the molecule is CC(NC(=O)c1nnc(N)s1)c1ccccc1F. The van der Waals surface area contributed by atoms with Crippen LogP contribution in [-0.2, 0) is 0 Å². The number of nitrogens with two attached hydrogens (primary N) is 1. The van der Waals surface area contributed by atoms with Crippen LogP contribution >= 0.6 is 11.3 Å². The second-order valence-corrected chi connectivity index (χ2v) is 4.67. The van der Waals surface area contributed by atoms with Crippen LogP contribution in [0.5, 0.6) is 0 Å². The van der Waals surface area contributed by atoms with Crippen LogP contribution in [0.25, 0.3) is 0 Å². The summed E-state index contributed by atoms with van der Waals surface area (Å²) < 4.78 is 13.5. The number of benzene rings is 1. The molecule has 0 spiro atoms. The summed E-state index contributed by atoms with van der Waals surface area (Å²) >= 11 is 0.987. The zero-order valence-corrected chi connectivity index (χ0v) is 10.4. The van der Waals surface area contributed by atoms with Gasteiger partial charge in [0.1, 0.15) is 5.82 Å². The molecular formula is C11H11FN4OS. The molecule has 2 aromatic rings. The van der Waals surface area contributed by atoms with Gasteiger partial charge in [0.05, 0.1) is 6.04 Å². The van der Waals surface area contributed by atoms with Crippen LogP contribution in [0.15, 0.2) is 24.3 Å². The summed E-state index contributed by atoms with van der Waals surface area (Å²) in [6, 6.07) is 5.82. The summed E-state index contributed by atoms with van der Waals surface area (Å²) in [5.74, 6) is -0.776. The maximum Gasteiger partial charge on any atom is 0.282 e. The number of rotatable bonds is 3. The smallest absolute Gasteiger partial charge is 0.282 e. The maximum absolute atomic E-state index is 13.5. The molecule has 0 aliphatic heterocycles. The average molecular weight is 266 g/mol. The normalized spacial score (nSPS) is 12.1. The van der Waals surface area contributed by atoms with Gasteiger partial charge < -0.3 is 11.1 Å². The average Bonchev–Trinajstić information content (AvgIpc) is 2.76. The fourth-order valence-electron chi connectivity index (χ4n) is 1.49. The summed E-state index contributed by atoms with van der Waals surface area (Å²) in [6.07, 6.45) is 0. The highest BCUT2D eigenvalue weighted by molar-refractivity contribution is 7.16. The number of carbonyl (C=O) groups excluding carboxylic acids is 1. The second-order valence-electron chi connectivity index (χ2n) is 3.66. The quantitative estimate of drug-likeness (QED) is 0.886. The molecule has 5 nitrogen and oxygen atoms in total. The fraction of sp³-hybridized carbons (Fsp3) is 0.182. The Labute approximate surface area is 107 Å². The first-order valence-corrected chi connectivity index (χ1v) is 6.04. The Morgan fingerprint density at radius 1 is 1.44 bits per heavy atom. The number of hydrogen-bond acceptors (Lipinski definition) is 5. The minimum atomic E-state index is -0.455. The first-order valence-electron chi connectivity index (χ1n) is 5.22. The Morgan fingerprint density at radius 3 is 2.78 bits per heavy atom. The number of halogens is 1. The highest BCUT2D eigenvalue weighted by Gasteiger charge is 2.17. The molecule has 0 aliphatic carbocycles. The fourth-order valence-corrected chi connectivity index (χ4v) is 2.00. The van der Waals surface area contributed by atoms with Crippen molar-refractivity contribution in [2.75, 3.05) is 5.73 Å². The molecule has 1 amide bonds. The number of nitrogens with one attached hydrogen (secondary N) is 1. The van der Waals surface area contributed by atoms with Crippen molar-refractivity contribution < 1.29 is 9.18 Å². The minimum Gasteiger partial charge on any atom is -0.374 e. The van der Waals surface area contributed by atoms with Gasteiger partial charge in [0, 0.05) is 5.56 Å². The van der Waals surface area contributed by atoms with Crippen LogP contribution in [0.4, 0.5) is 9.52 Å². The lowest BCUT2D eigenvalue weighted by Crippen LogP contribution is -2.27. The highest BCUT2D eigenvalue weighted by atomic mass is 32.1. The molecule has 2 rings (SSSR count). The first kappa shape index (κ1) is 12.4. The number of anilines is 1. The summed E-state index contributed by atoms with van der Waals surface area (Å²) in [5.41, 5.74) is 5.81. The number of carbonyl (C=O) groups is 1. The molecule has 1 aromatic heterocycles. The third kappa shape index (κ3) is 2.62. The van der Waals surface area contributed by atoms with Crippen molar-refractivity contribution >= 4 is 22.4 Å². The van der Waals surface area contributed by atoms with Gasteiger partial charge in [-0.3, -0.25) is 4.79 Å². The largest absolute Gasteiger partial charge is 0.374 e. The molecule has 0 fully saturated rings. The first-order chi connectivity index (χ1) is 8.58. The van der Waals surface area contributed by atoms with Crippen LogP contribution in [0, 0.1) is 5.82 Å². The van der Waals surface area contributed by atoms with Crippen molar-refractivity contribution in [3.8, 4) is 0 Å². The standard InChI is InChI=1S/C11H11FN4OS/c1-6(7-4-2-3-5-8(7)12)14-9(17)10-15-16-11(13)18-10/h2-6H,1H3,(H2,13,16)(H,14,17). The summed E-state index contributed by atoms with van der Waals surface area (Å²) in [4.78, 5) is 11.8. The molecule has 1 unspecified atom stereocenters. The Kier molecular flexibility index (Phi) is 3.52. The van der Waals surface area contributed by atoms with E-state index in [2.05, 4.69) is 15.5 Å². The number of hydrogen-bond donors (Lipinski definition) is 2. The van der Waals surface area contributed by atoms with E-state index in [0.717, 1.165) is 11.3 Å². The van der Waals surface area contributed by atoms with Gasteiger partial charge in [-0.25, -0.2) is 4.39 Å². The molecule has 0 saturated heterocycles. The number of aromatic nitrogens is 2. The van der Waals surface area contributed by atoms with Gasteiger partial charge in [0.2, 0.25) is 10.1 Å². The van der Waals surface area contributed by atoms with Crippen molar-refractivity contribution in [3.05, 3.63) is 40.7 Å². The van der Waals surface area contributed by atoms with Crippen molar-refractivity contribution in [2.45, 2.75) is 13.0 Å². The molecule has 1 heterocycles. The molecule has 3 N–H and O–H groups in total. The van der Waals surface area contributed by atoms with Crippen molar-refractivity contribution in [2.24, 2.45) is 0 Å². The van der Waals surface area contributed by atoms with E-state index in [0.29, 0.717) is 5.56 Å². The maximum atomic E-state index is 13.5. The lowest BCUT2D eigenvalue weighted by molar-refractivity contribution is 0.0938. The Bertz CT molecular complexity index is 572. The molecule has 7 heteroatoms. The summed E-state index contributed by atoms with van der Waals surface area (Å²) in [6.45, 7) is 1.70. The number of nitrogen functional groups attached to an aromatic ring is 1. The molecule has 1 aromatic carbocycles. The van der Waals surface area contributed by atoms with Gasteiger partial charge >= 0.3 is 0 Å². The van der Waals surface area contributed by atoms with E-state index in [4.69, 9.17) is 5.73 Å². The Morgan fingerprint density at radius 2 is 2.17 bits per heavy atom. The van der Waals surface area contributed by atoms with E-state index < -0.39 is 11.9 Å².